The van der Waals surface area contributed by atoms with Crippen LogP contribution in [0.15, 0.2) is 46.9 Å². The van der Waals surface area contributed by atoms with Crippen molar-refractivity contribution in [3.63, 3.8) is 0 Å². The molecule has 24 heavy (non-hydrogen) atoms. The minimum absolute atomic E-state index is 0.328. The summed E-state index contributed by atoms with van der Waals surface area (Å²) in [5.74, 6) is 0.873. The molecule has 1 aromatic heterocycles. The second-order valence-corrected chi connectivity index (χ2v) is 5.69. The molecule has 0 unspecified atom stereocenters. The number of carbonyl (C=O) groups excluding carboxylic acids is 1. The summed E-state index contributed by atoms with van der Waals surface area (Å²) in [4.78, 5) is 12.1. The fraction of sp³-hybridized carbons (Fsp3) is 0.250. The number of benzene rings is 2. The highest BCUT2D eigenvalue weighted by Gasteiger charge is 2.19. The molecule has 3 aromatic rings. The highest BCUT2D eigenvalue weighted by Crippen LogP contribution is 2.30. The monoisotopic (exact) mass is 324 g/mol. The summed E-state index contributed by atoms with van der Waals surface area (Å²) >= 11 is 0. The number of carbonyl (C=O) groups is 1. The predicted molar refractivity (Wildman–Crippen MR) is 92.4 cm³/mol. The Hall–Kier alpha value is -2.75. The number of hydrogen-bond donors (Lipinski definition) is 0. The third-order valence-corrected chi connectivity index (χ3v) is 3.84. The molecule has 0 amide bonds. The van der Waals surface area contributed by atoms with Crippen molar-refractivity contribution < 1.29 is 18.7 Å². The zero-order valence-corrected chi connectivity index (χ0v) is 14.1. The van der Waals surface area contributed by atoms with E-state index in [2.05, 4.69) is 19.1 Å². The van der Waals surface area contributed by atoms with Gasteiger partial charge in [0.05, 0.1) is 6.61 Å². The number of ether oxygens (including phenoxy) is 2. The molecule has 0 aliphatic carbocycles. The minimum Gasteiger partial charge on any atom is -0.489 e. The molecule has 0 aliphatic heterocycles. The van der Waals surface area contributed by atoms with Gasteiger partial charge in [-0.15, -0.1) is 0 Å². The first-order chi connectivity index (χ1) is 11.6. The Morgan fingerprint density at radius 1 is 1.08 bits per heavy atom. The maximum atomic E-state index is 12.1. The van der Waals surface area contributed by atoms with Gasteiger partial charge in [0.2, 0.25) is 0 Å². The van der Waals surface area contributed by atoms with Gasteiger partial charge in [-0.2, -0.15) is 0 Å². The molecule has 0 spiro atoms. The van der Waals surface area contributed by atoms with Crippen molar-refractivity contribution in [2.24, 2.45) is 0 Å². The molecule has 0 atom stereocenters. The largest absolute Gasteiger partial charge is 0.489 e. The molecule has 0 saturated carbocycles. The summed E-state index contributed by atoms with van der Waals surface area (Å²) < 4.78 is 16.6. The van der Waals surface area contributed by atoms with E-state index in [9.17, 15) is 4.79 Å². The van der Waals surface area contributed by atoms with E-state index in [1.54, 1.807) is 13.8 Å². The molecular formula is C20H20O4. The summed E-state index contributed by atoms with van der Waals surface area (Å²) in [6, 6.07) is 13.7. The molecule has 2 aromatic carbocycles. The van der Waals surface area contributed by atoms with E-state index < -0.39 is 0 Å². The lowest BCUT2D eigenvalue weighted by atomic mass is 10.1. The summed E-state index contributed by atoms with van der Waals surface area (Å²) in [5, 5.41) is 0.715. The quantitative estimate of drug-likeness (QED) is 0.632. The molecule has 0 saturated heterocycles. The highest BCUT2D eigenvalue weighted by atomic mass is 16.5. The van der Waals surface area contributed by atoms with Crippen LogP contribution in [0.2, 0.25) is 0 Å². The van der Waals surface area contributed by atoms with Crippen LogP contribution in [0.1, 0.15) is 34.2 Å². The maximum Gasteiger partial charge on any atom is 0.342 e. The van der Waals surface area contributed by atoms with Crippen molar-refractivity contribution in [1.82, 2.24) is 0 Å². The maximum absolute atomic E-state index is 12.1. The number of furan rings is 1. The Bertz CT molecular complexity index is 859. The molecule has 4 heteroatoms. The summed E-state index contributed by atoms with van der Waals surface area (Å²) in [5.41, 5.74) is 3.42. The Morgan fingerprint density at radius 3 is 2.54 bits per heavy atom. The topological polar surface area (TPSA) is 48.7 Å². The lowest BCUT2D eigenvalue weighted by Crippen LogP contribution is -2.05. The zero-order valence-electron chi connectivity index (χ0n) is 14.1. The first-order valence-corrected chi connectivity index (χ1v) is 7.97. The van der Waals surface area contributed by atoms with E-state index in [0.717, 1.165) is 5.56 Å². The second kappa shape index (κ2) is 6.79. The van der Waals surface area contributed by atoms with E-state index in [1.165, 1.54) is 5.56 Å². The van der Waals surface area contributed by atoms with Gasteiger partial charge in [-0.05, 0) is 44.5 Å². The van der Waals surface area contributed by atoms with Crippen molar-refractivity contribution in [1.29, 1.82) is 0 Å². The Morgan fingerprint density at radius 2 is 1.83 bits per heavy atom. The van der Waals surface area contributed by atoms with Gasteiger partial charge in [0, 0.05) is 5.39 Å². The fourth-order valence-electron chi connectivity index (χ4n) is 2.60. The van der Waals surface area contributed by atoms with Crippen LogP contribution in [0, 0.1) is 13.8 Å². The lowest BCUT2D eigenvalue weighted by Gasteiger charge is -2.07. The molecule has 3 rings (SSSR count). The van der Waals surface area contributed by atoms with E-state index in [1.807, 2.05) is 30.3 Å². The fourth-order valence-corrected chi connectivity index (χ4v) is 2.60. The molecule has 0 fully saturated rings. The van der Waals surface area contributed by atoms with Crippen LogP contribution < -0.4 is 4.74 Å². The summed E-state index contributed by atoms with van der Waals surface area (Å²) in [7, 11) is 0. The van der Waals surface area contributed by atoms with Gasteiger partial charge in [-0.3, -0.25) is 0 Å². The van der Waals surface area contributed by atoms with Crippen LogP contribution in [0.3, 0.4) is 0 Å². The van der Waals surface area contributed by atoms with Crippen LogP contribution in [0.5, 0.6) is 5.75 Å². The van der Waals surface area contributed by atoms with Gasteiger partial charge in [-0.25, -0.2) is 4.79 Å². The van der Waals surface area contributed by atoms with Crippen LogP contribution in [-0.2, 0) is 11.3 Å². The van der Waals surface area contributed by atoms with Crippen molar-refractivity contribution in [3.05, 3.63) is 64.9 Å². The van der Waals surface area contributed by atoms with Gasteiger partial charge in [0.1, 0.15) is 29.3 Å². The van der Waals surface area contributed by atoms with E-state index in [4.69, 9.17) is 13.9 Å². The zero-order chi connectivity index (χ0) is 17.1. The molecule has 1 heterocycles. The van der Waals surface area contributed by atoms with Gasteiger partial charge in [0.15, 0.2) is 0 Å². The first kappa shape index (κ1) is 16.1. The normalized spacial score (nSPS) is 10.8. The number of fused-ring (bicyclic) bond motifs is 1. The standard InChI is InChI=1S/C20H20O4/c1-4-22-20(21)19-14(3)24-18-10-9-16(11-17(18)19)23-12-15-7-5-13(2)6-8-15/h5-11H,4,12H2,1-3H3. The Kier molecular flexibility index (Phi) is 4.56. The average molecular weight is 324 g/mol. The van der Waals surface area contributed by atoms with Crippen LogP contribution in [-0.4, -0.2) is 12.6 Å². The molecule has 124 valence electrons. The van der Waals surface area contributed by atoms with Crippen LogP contribution in [0.25, 0.3) is 11.0 Å². The molecule has 0 N–H and O–H groups in total. The smallest absolute Gasteiger partial charge is 0.342 e. The lowest BCUT2D eigenvalue weighted by molar-refractivity contribution is 0.0526. The SMILES string of the molecule is CCOC(=O)c1c(C)oc2ccc(OCc3ccc(C)cc3)cc12. The average Bonchev–Trinajstić information content (AvgIpc) is 2.89. The van der Waals surface area contributed by atoms with E-state index in [0.29, 0.717) is 41.3 Å². The van der Waals surface area contributed by atoms with Gasteiger partial charge < -0.3 is 13.9 Å². The summed E-state index contributed by atoms with van der Waals surface area (Å²) in [6.07, 6.45) is 0. The van der Waals surface area contributed by atoms with Crippen LogP contribution >= 0.6 is 0 Å². The third kappa shape index (κ3) is 3.27. The van der Waals surface area contributed by atoms with Crippen LogP contribution in [0.4, 0.5) is 0 Å². The highest BCUT2D eigenvalue weighted by molar-refractivity contribution is 6.04. The van der Waals surface area contributed by atoms with Crippen molar-refractivity contribution >= 4 is 16.9 Å². The number of hydrogen-bond acceptors (Lipinski definition) is 4. The summed E-state index contributed by atoms with van der Waals surface area (Å²) in [6.45, 7) is 6.40. The first-order valence-electron chi connectivity index (χ1n) is 7.97. The molecule has 4 nitrogen and oxygen atoms in total. The number of rotatable bonds is 5. The molecule has 0 aliphatic rings. The van der Waals surface area contributed by atoms with Gasteiger partial charge in [-0.1, -0.05) is 29.8 Å². The van der Waals surface area contributed by atoms with Gasteiger partial charge >= 0.3 is 5.97 Å². The Balaban J connectivity index is 1.85. The molecule has 0 bridgehead atoms. The number of esters is 1. The second-order valence-electron chi connectivity index (χ2n) is 5.69. The molecular weight excluding hydrogens is 304 g/mol. The van der Waals surface area contributed by atoms with Crippen molar-refractivity contribution in [3.8, 4) is 5.75 Å². The van der Waals surface area contributed by atoms with E-state index in [-0.39, 0.29) is 5.97 Å². The van der Waals surface area contributed by atoms with Gasteiger partial charge in [0.25, 0.3) is 0 Å². The third-order valence-electron chi connectivity index (χ3n) is 3.84. The van der Waals surface area contributed by atoms with Crippen molar-refractivity contribution in [2.45, 2.75) is 27.4 Å². The minimum atomic E-state index is -0.371. The Labute approximate surface area is 141 Å². The predicted octanol–water partition coefficient (Wildman–Crippen LogP) is 4.81. The number of aryl methyl sites for hydroxylation is 2. The van der Waals surface area contributed by atoms with E-state index >= 15 is 0 Å². The van der Waals surface area contributed by atoms with Crippen molar-refractivity contribution in [2.75, 3.05) is 6.61 Å². The molecule has 0 radical (unpaired) electrons.